The zero-order chi connectivity index (χ0) is 48.2. The van der Waals surface area contributed by atoms with Crippen LogP contribution in [0.2, 0.25) is 0 Å². The maximum Gasteiger partial charge on any atom is 0.303 e. The first-order valence-electron chi connectivity index (χ1n) is 20.9. The third-order valence-electron chi connectivity index (χ3n) is 10.2. The Balaban J connectivity index is 1.69. The van der Waals surface area contributed by atoms with Crippen LogP contribution in [0, 0.1) is 5.41 Å². The van der Waals surface area contributed by atoms with Crippen LogP contribution in [0.15, 0.2) is 72.8 Å². The maximum atomic E-state index is 14.0. The molecule has 1 fully saturated rings. The molecule has 0 bridgehead atoms. The highest BCUT2D eigenvalue weighted by Gasteiger charge is 2.33. The number of aliphatic hydroxyl groups excluding tert-OH is 2. The highest BCUT2D eigenvalue weighted by atomic mass is 16.4. The van der Waals surface area contributed by atoms with Crippen LogP contribution < -0.4 is 53.6 Å². The predicted molar refractivity (Wildman–Crippen MR) is 236 cm³/mol. The van der Waals surface area contributed by atoms with Crippen molar-refractivity contribution in [3.63, 3.8) is 0 Å². The topological polar surface area (TPSA) is 372 Å². The van der Waals surface area contributed by atoms with Gasteiger partial charge in [0.25, 0.3) is 0 Å². The van der Waals surface area contributed by atoms with Crippen molar-refractivity contribution in [1.82, 2.24) is 47.9 Å². The van der Waals surface area contributed by atoms with Gasteiger partial charge in [-0.15, -0.1) is 0 Å². The van der Waals surface area contributed by atoms with Crippen molar-refractivity contribution in [2.24, 2.45) is 5.73 Å². The standard InChI is InChI=1S/C43H55N11O12/c44-43(45)46-16-6-11-28-39(63)52-29(14-15-36(59)60)40(64)53-30(18-24-7-2-1-3-8-24)37(61)47-20-34(57)49-31(19-25-12-13-26-9-4-5-10-27(26)17-25)41(65)54-32(22-55)38(62)48-21-35(58)50-33(23-56)42(66)51-28/h1-5,7-10,12-13,17,28-33,55-56H,6,11,14-16,18-23H2,(H,47,61)(H,48,62)(H,49,57)(H,50,58)(H,51,66)(H,52,63)(H,53,64)(H,54,65)(H,59,60)(H4,44,45,46)/t28-,29+,30+,31+,32+,33+/m1/s1. The summed E-state index contributed by atoms with van der Waals surface area (Å²) in [5.74, 6) is -9.54. The zero-order valence-electron chi connectivity index (χ0n) is 35.8. The van der Waals surface area contributed by atoms with E-state index < -0.39 is 129 Å². The first kappa shape index (κ1) is 51.0. The number of carbonyl (C=O) groups excluding carboxylic acids is 8. The van der Waals surface area contributed by atoms with E-state index in [-0.39, 0.29) is 38.2 Å². The van der Waals surface area contributed by atoms with E-state index in [4.69, 9.17) is 11.1 Å². The lowest BCUT2D eigenvalue weighted by molar-refractivity contribution is -0.138. The number of carboxylic acid groups (broad SMARTS) is 1. The first-order valence-corrected chi connectivity index (χ1v) is 20.9. The minimum absolute atomic E-state index is 0.0481. The highest BCUT2D eigenvalue weighted by molar-refractivity contribution is 5.98. The van der Waals surface area contributed by atoms with Gasteiger partial charge in [-0.2, -0.15) is 0 Å². The maximum absolute atomic E-state index is 14.0. The molecular formula is C43H55N11O12. The number of guanidine groups is 1. The second-order valence-electron chi connectivity index (χ2n) is 15.3. The van der Waals surface area contributed by atoms with Gasteiger partial charge < -0.3 is 68.9 Å². The molecule has 0 spiro atoms. The van der Waals surface area contributed by atoms with E-state index in [1.807, 2.05) is 24.3 Å². The molecule has 0 saturated carbocycles. The molecule has 1 heterocycles. The Hall–Kier alpha value is -7.66. The van der Waals surface area contributed by atoms with Gasteiger partial charge in [0.15, 0.2) is 5.96 Å². The fourth-order valence-corrected chi connectivity index (χ4v) is 6.75. The van der Waals surface area contributed by atoms with Crippen LogP contribution in [0.25, 0.3) is 10.8 Å². The van der Waals surface area contributed by atoms with Crippen molar-refractivity contribution < 1.29 is 58.5 Å². The van der Waals surface area contributed by atoms with Crippen molar-refractivity contribution in [3.05, 3.63) is 83.9 Å². The van der Waals surface area contributed by atoms with E-state index in [1.165, 1.54) is 0 Å². The van der Waals surface area contributed by atoms with Crippen molar-refractivity contribution in [1.29, 1.82) is 5.41 Å². The summed E-state index contributed by atoms with van der Waals surface area (Å²) < 4.78 is 0. The molecule has 1 aliphatic heterocycles. The van der Waals surface area contributed by atoms with Gasteiger partial charge in [-0.25, -0.2) is 0 Å². The normalized spacial score (nSPS) is 22.2. The Morgan fingerprint density at radius 3 is 1.65 bits per heavy atom. The van der Waals surface area contributed by atoms with E-state index in [2.05, 4.69) is 47.9 Å². The van der Waals surface area contributed by atoms with Crippen LogP contribution in [0.4, 0.5) is 0 Å². The molecule has 0 aromatic heterocycles. The fraction of sp³-hybridized carbons (Fsp3) is 0.395. The molecule has 3 aromatic carbocycles. The minimum Gasteiger partial charge on any atom is -0.481 e. The summed E-state index contributed by atoms with van der Waals surface area (Å²) in [6, 6.07) is 11.8. The third-order valence-corrected chi connectivity index (χ3v) is 10.2. The molecule has 8 amide bonds. The molecular weight excluding hydrogens is 863 g/mol. The molecule has 0 radical (unpaired) electrons. The molecule has 6 atom stereocenters. The largest absolute Gasteiger partial charge is 0.481 e. The van der Waals surface area contributed by atoms with Crippen LogP contribution in [0.3, 0.4) is 0 Å². The SMILES string of the molecule is N=C(N)NCCC[C@H]1NC(=O)[C@H](CO)NC(=O)CNC(=O)[C@H](CO)NC(=O)[C@H](Cc2ccc3ccccc3c2)NC(=O)CNC(=O)[C@H](Cc2ccccc2)NC(=O)[C@H](CCC(=O)O)NC1=O. The molecule has 15 N–H and O–H groups in total. The lowest BCUT2D eigenvalue weighted by Gasteiger charge is -2.26. The fourth-order valence-electron chi connectivity index (χ4n) is 6.75. The smallest absolute Gasteiger partial charge is 0.303 e. The minimum atomic E-state index is -1.71. The lowest BCUT2D eigenvalue weighted by Crippen LogP contribution is -2.60. The van der Waals surface area contributed by atoms with Crippen molar-refractivity contribution in [2.45, 2.75) is 74.8 Å². The van der Waals surface area contributed by atoms with Crippen LogP contribution in [0.5, 0.6) is 0 Å². The van der Waals surface area contributed by atoms with Crippen LogP contribution >= 0.6 is 0 Å². The average Bonchev–Trinajstić information content (AvgIpc) is 3.29. The average molecular weight is 918 g/mol. The van der Waals surface area contributed by atoms with Gasteiger partial charge in [-0.05, 0) is 41.2 Å². The zero-order valence-corrected chi connectivity index (χ0v) is 35.8. The second-order valence-corrected chi connectivity index (χ2v) is 15.3. The molecule has 0 unspecified atom stereocenters. The van der Waals surface area contributed by atoms with Crippen LogP contribution in [-0.4, -0.2) is 144 Å². The third kappa shape index (κ3) is 16.5. The summed E-state index contributed by atoms with van der Waals surface area (Å²) in [6.07, 6.45) is -1.48. The molecule has 4 rings (SSSR count). The van der Waals surface area contributed by atoms with E-state index >= 15 is 0 Å². The Morgan fingerprint density at radius 1 is 0.576 bits per heavy atom. The summed E-state index contributed by atoms with van der Waals surface area (Å²) in [7, 11) is 0. The molecule has 0 aliphatic carbocycles. The quantitative estimate of drug-likeness (QED) is 0.0441. The molecule has 23 nitrogen and oxygen atoms in total. The molecule has 66 heavy (non-hydrogen) atoms. The van der Waals surface area contributed by atoms with Crippen molar-refractivity contribution >= 4 is 70.0 Å². The number of aliphatic hydroxyl groups is 2. The van der Waals surface area contributed by atoms with Gasteiger partial charge in [-0.3, -0.25) is 48.6 Å². The first-order chi connectivity index (χ1) is 31.6. The number of amides is 8. The van der Waals surface area contributed by atoms with E-state index in [9.17, 15) is 58.5 Å². The van der Waals surface area contributed by atoms with Crippen LogP contribution in [-0.2, 0) is 56.0 Å². The number of fused-ring (bicyclic) bond motifs is 1. The molecule has 354 valence electrons. The lowest BCUT2D eigenvalue weighted by atomic mass is 10.0. The van der Waals surface area contributed by atoms with Crippen molar-refractivity contribution in [2.75, 3.05) is 32.8 Å². The molecule has 3 aromatic rings. The number of benzene rings is 3. The summed E-state index contributed by atoms with van der Waals surface area (Å²) in [4.78, 5) is 120. The molecule has 1 saturated heterocycles. The van der Waals surface area contributed by atoms with Gasteiger partial charge in [0.2, 0.25) is 47.3 Å². The number of carbonyl (C=O) groups is 9. The van der Waals surface area contributed by atoms with Gasteiger partial charge in [0.1, 0.15) is 36.3 Å². The van der Waals surface area contributed by atoms with E-state index in [0.29, 0.717) is 11.1 Å². The van der Waals surface area contributed by atoms with Crippen LogP contribution in [0.1, 0.15) is 36.8 Å². The number of carboxylic acids is 1. The summed E-state index contributed by atoms with van der Waals surface area (Å²) in [6.45, 7) is -3.45. The Morgan fingerprint density at radius 2 is 1.05 bits per heavy atom. The number of nitrogens with one attached hydrogen (secondary N) is 10. The van der Waals surface area contributed by atoms with E-state index in [0.717, 1.165) is 10.8 Å². The molecule has 1 aliphatic rings. The highest BCUT2D eigenvalue weighted by Crippen LogP contribution is 2.17. The van der Waals surface area contributed by atoms with Crippen molar-refractivity contribution in [3.8, 4) is 0 Å². The monoisotopic (exact) mass is 917 g/mol. The predicted octanol–water partition coefficient (Wildman–Crippen LogP) is -4.11. The summed E-state index contributed by atoms with van der Waals surface area (Å²) in [5, 5.41) is 60.4. The van der Waals surface area contributed by atoms with Gasteiger partial charge in [-0.1, -0.05) is 72.8 Å². The summed E-state index contributed by atoms with van der Waals surface area (Å²) in [5.41, 5.74) is 6.49. The van der Waals surface area contributed by atoms with E-state index in [1.54, 1.807) is 48.5 Å². The number of hydrogen-bond donors (Lipinski definition) is 14. The van der Waals surface area contributed by atoms with Gasteiger partial charge in [0, 0.05) is 25.8 Å². The second kappa shape index (κ2) is 25.6. The number of rotatable bonds is 13. The number of nitrogens with two attached hydrogens (primary N) is 1. The summed E-state index contributed by atoms with van der Waals surface area (Å²) >= 11 is 0. The number of hydrogen-bond acceptors (Lipinski definition) is 12. The van der Waals surface area contributed by atoms with Gasteiger partial charge in [0.05, 0.1) is 26.3 Å². The Bertz CT molecular complexity index is 2250. The Kier molecular flexibility index (Phi) is 19.8. The Labute approximate surface area is 378 Å². The number of aliphatic carboxylic acids is 1. The van der Waals surface area contributed by atoms with Gasteiger partial charge >= 0.3 is 5.97 Å². The molecule has 23 heteroatoms.